The van der Waals surface area contributed by atoms with Crippen molar-refractivity contribution < 1.29 is 14.3 Å². The molecule has 5 rings (SSSR count). The van der Waals surface area contributed by atoms with E-state index < -0.39 is 0 Å². The SMILES string of the molecule is CCNC(=O)Nc1ccc(-c2nc3c(c(N4CCOC[C@@H]4C)n2)CCN([C@@H]2COC(C)(C)C2)C3)cc1. The third kappa shape index (κ3) is 5.33. The van der Waals surface area contributed by atoms with Crippen molar-refractivity contribution in [1.82, 2.24) is 20.2 Å². The number of fused-ring (bicyclic) bond motifs is 1. The van der Waals surface area contributed by atoms with Gasteiger partial charge in [-0.1, -0.05) is 0 Å². The van der Waals surface area contributed by atoms with Crippen molar-refractivity contribution in [2.75, 3.05) is 49.7 Å². The Morgan fingerprint density at radius 1 is 1.17 bits per heavy atom. The molecule has 2 atom stereocenters. The van der Waals surface area contributed by atoms with Gasteiger partial charge in [0.2, 0.25) is 0 Å². The van der Waals surface area contributed by atoms with Crippen LogP contribution in [-0.2, 0) is 22.4 Å². The van der Waals surface area contributed by atoms with Crippen LogP contribution in [0.3, 0.4) is 0 Å². The maximum Gasteiger partial charge on any atom is 0.319 e. The zero-order valence-electron chi connectivity index (χ0n) is 21.8. The number of carbonyl (C=O) groups is 1. The fourth-order valence-electron chi connectivity index (χ4n) is 5.43. The lowest BCUT2D eigenvalue weighted by Gasteiger charge is -2.38. The van der Waals surface area contributed by atoms with Crippen LogP contribution in [0, 0.1) is 0 Å². The van der Waals surface area contributed by atoms with Gasteiger partial charge in [-0.3, -0.25) is 4.90 Å². The van der Waals surface area contributed by atoms with Gasteiger partial charge in [-0.05, 0) is 64.8 Å². The van der Waals surface area contributed by atoms with Crippen molar-refractivity contribution in [2.45, 2.75) is 64.8 Å². The lowest BCUT2D eigenvalue weighted by atomic mass is 9.98. The summed E-state index contributed by atoms with van der Waals surface area (Å²) in [6, 6.07) is 8.21. The summed E-state index contributed by atoms with van der Waals surface area (Å²) in [5.74, 6) is 1.76. The molecule has 9 nitrogen and oxygen atoms in total. The first-order valence-corrected chi connectivity index (χ1v) is 13.1. The lowest BCUT2D eigenvalue weighted by Crippen LogP contribution is -2.46. The van der Waals surface area contributed by atoms with Crippen molar-refractivity contribution in [3.63, 3.8) is 0 Å². The number of nitrogens with one attached hydrogen (secondary N) is 2. The summed E-state index contributed by atoms with van der Waals surface area (Å²) in [5.41, 5.74) is 3.97. The van der Waals surface area contributed by atoms with Crippen molar-refractivity contribution in [2.24, 2.45) is 0 Å². The molecule has 0 saturated carbocycles. The average Bonchev–Trinajstić information content (AvgIpc) is 3.23. The molecule has 4 heterocycles. The fraction of sp³-hybridized carbons (Fsp3) is 0.593. The highest BCUT2D eigenvalue weighted by molar-refractivity contribution is 5.89. The minimum absolute atomic E-state index is 0.0695. The summed E-state index contributed by atoms with van der Waals surface area (Å²) in [5, 5.41) is 5.60. The van der Waals surface area contributed by atoms with Crippen LogP contribution in [0.25, 0.3) is 11.4 Å². The van der Waals surface area contributed by atoms with Crippen molar-refractivity contribution >= 4 is 17.5 Å². The Hall–Kier alpha value is -2.75. The van der Waals surface area contributed by atoms with Gasteiger partial charge in [-0.2, -0.15) is 0 Å². The van der Waals surface area contributed by atoms with Crippen LogP contribution < -0.4 is 15.5 Å². The molecule has 1 aromatic carbocycles. The minimum atomic E-state index is -0.210. The predicted octanol–water partition coefficient (Wildman–Crippen LogP) is 3.44. The van der Waals surface area contributed by atoms with Gasteiger partial charge in [0.15, 0.2) is 5.82 Å². The molecule has 2 N–H and O–H groups in total. The molecule has 3 aliphatic heterocycles. The van der Waals surface area contributed by atoms with E-state index in [1.807, 2.05) is 31.2 Å². The second kappa shape index (κ2) is 10.3. The van der Waals surface area contributed by atoms with E-state index in [4.69, 9.17) is 19.4 Å². The summed E-state index contributed by atoms with van der Waals surface area (Å²) >= 11 is 0. The number of urea groups is 1. The van der Waals surface area contributed by atoms with E-state index in [0.717, 1.165) is 67.7 Å². The highest BCUT2D eigenvalue weighted by Gasteiger charge is 2.38. The van der Waals surface area contributed by atoms with E-state index in [9.17, 15) is 4.79 Å². The molecule has 2 amide bonds. The number of morpholine rings is 1. The number of nitrogens with zero attached hydrogens (tertiary/aromatic N) is 4. The summed E-state index contributed by atoms with van der Waals surface area (Å²) < 4.78 is 11.8. The van der Waals surface area contributed by atoms with Crippen LogP contribution in [0.4, 0.5) is 16.3 Å². The van der Waals surface area contributed by atoms with Crippen molar-refractivity contribution in [1.29, 1.82) is 0 Å². The molecule has 0 radical (unpaired) electrons. The summed E-state index contributed by atoms with van der Waals surface area (Å²) in [6.45, 7) is 13.8. The monoisotopic (exact) mass is 494 g/mol. The smallest absolute Gasteiger partial charge is 0.319 e. The van der Waals surface area contributed by atoms with E-state index >= 15 is 0 Å². The van der Waals surface area contributed by atoms with Gasteiger partial charge >= 0.3 is 6.03 Å². The molecule has 9 heteroatoms. The number of benzene rings is 1. The molecule has 2 saturated heterocycles. The van der Waals surface area contributed by atoms with Gasteiger partial charge in [0.05, 0.1) is 37.2 Å². The van der Waals surface area contributed by atoms with E-state index in [1.165, 1.54) is 5.56 Å². The number of ether oxygens (including phenoxy) is 2. The number of aromatic nitrogens is 2. The van der Waals surface area contributed by atoms with Gasteiger partial charge in [-0.15, -0.1) is 0 Å². The maximum absolute atomic E-state index is 11.9. The first-order valence-electron chi connectivity index (χ1n) is 13.1. The van der Waals surface area contributed by atoms with Gasteiger partial charge in [0, 0.05) is 49.0 Å². The van der Waals surface area contributed by atoms with Gasteiger partial charge in [0.25, 0.3) is 0 Å². The summed E-state index contributed by atoms with van der Waals surface area (Å²) in [6.07, 6.45) is 1.97. The molecule has 3 aliphatic rings. The topological polar surface area (TPSA) is 91.9 Å². The average molecular weight is 495 g/mol. The quantitative estimate of drug-likeness (QED) is 0.658. The van der Waals surface area contributed by atoms with Crippen molar-refractivity contribution in [3.05, 3.63) is 35.5 Å². The van der Waals surface area contributed by atoms with Crippen LogP contribution in [-0.4, -0.2) is 78.0 Å². The Balaban J connectivity index is 1.46. The van der Waals surface area contributed by atoms with Crippen LogP contribution in [0.1, 0.15) is 45.4 Å². The largest absolute Gasteiger partial charge is 0.377 e. The second-order valence-corrected chi connectivity index (χ2v) is 10.6. The standard InChI is InChI=1S/C27H38N6O3/c1-5-28-26(34)29-20-8-6-19(7-9-20)24-30-23-15-32(21-14-27(3,4)36-17-21)11-10-22(23)25(31-24)33-12-13-35-16-18(33)2/h6-9,18,21H,5,10-17H2,1-4H3,(H2,28,29,34)/t18-,21-/m0/s1. The zero-order valence-corrected chi connectivity index (χ0v) is 21.8. The summed E-state index contributed by atoms with van der Waals surface area (Å²) in [4.78, 5) is 27.0. The van der Waals surface area contributed by atoms with Gasteiger partial charge in [0.1, 0.15) is 5.82 Å². The number of anilines is 2. The lowest BCUT2D eigenvalue weighted by molar-refractivity contribution is 0.0323. The highest BCUT2D eigenvalue weighted by atomic mass is 16.5. The molecule has 36 heavy (non-hydrogen) atoms. The normalized spacial score (nSPS) is 23.8. The predicted molar refractivity (Wildman–Crippen MR) is 140 cm³/mol. The van der Waals surface area contributed by atoms with Crippen LogP contribution >= 0.6 is 0 Å². The van der Waals surface area contributed by atoms with Crippen molar-refractivity contribution in [3.8, 4) is 11.4 Å². The number of amides is 2. The Morgan fingerprint density at radius 2 is 1.97 bits per heavy atom. The molecular formula is C27H38N6O3. The zero-order chi connectivity index (χ0) is 25.3. The van der Waals surface area contributed by atoms with E-state index in [2.05, 4.69) is 41.2 Å². The molecule has 0 aliphatic carbocycles. The Morgan fingerprint density at radius 3 is 2.67 bits per heavy atom. The van der Waals surface area contributed by atoms with Crippen LogP contribution in [0.5, 0.6) is 0 Å². The first kappa shape index (κ1) is 24.9. The number of hydrogen-bond acceptors (Lipinski definition) is 7. The van der Waals surface area contributed by atoms with Crippen LogP contribution in [0.15, 0.2) is 24.3 Å². The fourth-order valence-corrected chi connectivity index (χ4v) is 5.43. The van der Waals surface area contributed by atoms with Gasteiger partial charge in [-0.25, -0.2) is 14.8 Å². The molecule has 0 bridgehead atoms. The Kier molecular flexibility index (Phi) is 7.14. The number of hydrogen-bond donors (Lipinski definition) is 2. The third-order valence-electron chi connectivity index (χ3n) is 7.36. The van der Waals surface area contributed by atoms with Gasteiger partial charge < -0.3 is 25.0 Å². The Bertz CT molecular complexity index is 1090. The molecular weight excluding hydrogens is 456 g/mol. The van der Waals surface area contributed by atoms with E-state index in [0.29, 0.717) is 25.8 Å². The second-order valence-electron chi connectivity index (χ2n) is 10.6. The molecule has 0 spiro atoms. The number of carbonyl (C=O) groups excluding carboxylic acids is 1. The molecule has 0 unspecified atom stereocenters. The minimum Gasteiger partial charge on any atom is -0.377 e. The summed E-state index contributed by atoms with van der Waals surface area (Å²) in [7, 11) is 0. The molecule has 194 valence electrons. The molecule has 2 aromatic rings. The third-order valence-corrected chi connectivity index (χ3v) is 7.36. The van der Waals surface area contributed by atoms with Crippen LogP contribution in [0.2, 0.25) is 0 Å². The van der Waals surface area contributed by atoms with E-state index in [1.54, 1.807) is 0 Å². The van der Waals surface area contributed by atoms with E-state index in [-0.39, 0.29) is 17.7 Å². The molecule has 1 aromatic heterocycles. The Labute approximate surface area is 213 Å². The molecule has 2 fully saturated rings. The highest BCUT2D eigenvalue weighted by Crippen LogP contribution is 2.35. The maximum atomic E-state index is 11.9. The first-order chi connectivity index (χ1) is 17.3. The number of rotatable bonds is 5.